The third-order valence-electron chi connectivity index (χ3n) is 5.82. The van der Waals surface area contributed by atoms with Crippen molar-refractivity contribution in [3.63, 3.8) is 0 Å². The molecule has 4 N–H and O–H groups in total. The van der Waals surface area contributed by atoms with Crippen LogP contribution < -0.4 is 21.3 Å². The molecule has 0 unspecified atom stereocenters. The van der Waals surface area contributed by atoms with Gasteiger partial charge in [0.2, 0.25) is 5.91 Å². The van der Waals surface area contributed by atoms with Crippen LogP contribution in [0.1, 0.15) is 35.3 Å². The molecule has 3 aromatic rings. The Bertz CT molecular complexity index is 1340. The maximum absolute atomic E-state index is 13.1. The van der Waals surface area contributed by atoms with Crippen molar-refractivity contribution in [2.45, 2.75) is 26.3 Å². The highest BCUT2D eigenvalue weighted by molar-refractivity contribution is 6.15. The van der Waals surface area contributed by atoms with Crippen LogP contribution in [0.25, 0.3) is 10.8 Å². The van der Waals surface area contributed by atoms with Crippen LogP contribution in [0.5, 0.6) is 0 Å². The van der Waals surface area contributed by atoms with Crippen molar-refractivity contribution in [1.82, 2.24) is 9.97 Å². The lowest BCUT2D eigenvalue weighted by Crippen LogP contribution is -2.28. The van der Waals surface area contributed by atoms with E-state index < -0.39 is 5.97 Å². The number of hydrogen-bond donors (Lipinski definition) is 2. The number of nitrogens with two attached hydrogens (primary N) is 2. The first-order valence-electron chi connectivity index (χ1n) is 10.2. The van der Waals surface area contributed by atoms with E-state index in [-0.39, 0.29) is 35.6 Å². The minimum Gasteiger partial charge on any atom is -0.465 e. The average Bonchev–Trinajstić information content (AvgIpc) is 3.13. The van der Waals surface area contributed by atoms with E-state index in [1.165, 1.54) is 12.0 Å². The van der Waals surface area contributed by atoms with Gasteiger partial charge < -0.3 is 21.1 Å². The predicted octanol–water partition coefficient (Wildman–Crippen LogP) is 2.52. The second-order valence-corrected chi connectivity index (χ2v) is 8.01. The van der Waals surface area contributed by atoms with Gasteiger partial charge in [-0.15, -0.1) is 0 Å². The number of benzene rings is 1. The zero-order valence-electron chi connectivity index (χ0n) is 18.7. The summed E-state index contributed by atoms with van der Waals surface area (Å²) in [5, 5.41) is 10.9. The molecule has 0 atom stereocenters. The molecule has 10 heteroatoms. The maximum Gasteiger partial charge on any atom is 0.337 e. The molecular formula is C23H23N7O3. The lowest BCUT2D eigenvalue weighted by atomic mass is 10.0. The highest BCUT2D eigenvalue weighted by atomic mass is 16.5. The number of hydrogen-bond acceptors (Lipinski definition) is 9. The van der Waals surface area contributed by atoms with Crippen molar-refractivity contribution in [2.75, 3.05) is 35.4 Å². The zero-order valence-corrected chi connectivity index (χ0v) is 18.7. The van der Waals surface area contributed by atoms with Gasteiger partial charge in [0, 0.05) is 24.0 Å². The Balaban J connectivity index is 1.97. The Hall–Kier alpha value is -4.39. The van der Waals surface area contributed by atoms with Gasteiger partial charge in [-0.05, 0) is 38.1 Å². The van der Waals surface area contributed by atoms with E-state index in [9.17, 15) is 14.9 Å². The summed E-state index contributed by atoms with van der Waals surface area (Å²) < 4.78 is 4.73. The Kier molecular flexibility index (Phi) is 5.25. The predicted molar refractivity (Wildman–Crippen MR) is 125 cm³/mol. The number of rotatable bonds is 4. The summed E-state index contributed by atoms with van der Waals surface area (Å²) in [6, 6.07) is 8.68. The second-order valence-electron chi connectivity index (χ2n) is 8.01. The van der Waals surface area contributed by atoms with Crippen molar-refractivity contribution < 1.29 is 14.3 Å². The molecule has 3 heterocycles. The van der Waals surface area contributed by atoms with Gasteiger partial charge in [-0.25, -0.2) is 14.8 Å². The largest absolute Gasteiger partial charge is 0.465 e. The van der Waals surface area contributed by atoms with Gasteiger partial charge in [0.05, 0.1) is 30.2 Å². The molecule has 0 radical (unpaired) electrons. The van der Waals surface area contributed by atoms with Gasteiger partial charge in [0.1, 0.15) is 34.9 Å². The van der Waals surface area contributed by atoms with Gasteiger partial charge in [0.25, 0.3) is 0 Å². The highest BCUT2D eigenvalue weighted by Crippen LogP contribution is 2.44. The van der Waals surface area contributed by atoms with E-state index in [0.717, 1.165) is 0 Å². The monoisotopic (exact) mass is 445 g/mol. The number of nitrogen functional groups attached to an aromatic ring is 2. The number of carbonyl (C=O) groups excluding carboxylic acids is 2. The number of ether oxygens (including phenoxy) is 1. The number of amides is 1. The number of aromatic nitrogens is 2. The number of anilines is 5. The number of esters is 1. The Morgan fingerprint density at radius 2 is 1.82 bits per heavy atom. The second kappa shape index (κ2) is 7.94. The van der Waals surface area contributed by atoms with Crippen LogP contribution in [-0.2, 0) is 16.0 Å². The van der Waals surface area contributed by atoms with Gasteiger partial charge >= 0.3 is 5.97 Å². The molecule has 0 saturated heterocycles. The molecule has 0 bridgehead atoms. The summed E-state index contributed by atoms with van der Waals surface area (Å²) in [4.78, 5) is 37.0. The lowest BCUT2D eigenvalue weighted by molar-refractivity contribution is -0.116. The Morgan fingerprint density at radius 3 is 2.39 bits per heavy atom. The summed E-state index contributed by atoms with van der Waals surface area (Å²) in [6.07, 6.45) is 0.0147. The van der Waals surface area contributed by atoms with Crippen LogP contribution in [0.4, 0.5) is 29.0 Å². The number of pyridine rings is 2. The maximum atomic E-state index is 13.1. The SMILES string of the molecule is COC(=O)c1ccc(N2C(=O)Cc3c2nc(N)c2c(N)nc(N(C)C(C)C)c(C#N)c32)cc1. The first-order valence-corrected chi connectivity index (χ1v) is 10.2. The molecule has 0 aliphatic carbocycles. The van der Waals surface area contributed by atoms with Crippen LogP contribution >= 0.6 is 0 Å². The topological polar surface area (TPSA) is 151 Å². The quantitative estimate of drug-likeness (QED) is 0.577. The fraction of sp³-hybridized carbons (Fsp3) is 0.261. The van der Waals surface area contributed by atoms with E-state index >= 15 is 0 Å². The summed E-state index contributed by atoms with van der Waals surface area (Å²) >= 11 is 0. The Labute approximate surface area is 190 Å². The molecule has 33 heavy (non-hydrogen) atoms. The third-order valence-corrected chi connectivity index (χ3v) is 5.82. The van der Waals surface area contributed by atoms with Crippen molar-refractivity contribution in [1.29, 1.82) is 5.26 Å². The molecule has 1 aliphatic heterocycles. The molecule has 168 valence electrons. The summed E-state index contributed by atoms with van der Waals surface area (Å²) in [6.45, 7) is 3.94. The minimum absolute atomic E-state index is 0.0147. The molecule has 1 aromatic carbocycles. The molecule has 0 spiro atoms. The third kappa shape index (κ3) is 3.34. The van der Waals surface area contributed by atoms with E-state index in [1.807, 2.05) is 25.8 Å². The van der Waals surface area contributed by atoms with Crippen LogP contribution in [0, 0.1) is 11.3 Å². The van der Waals surface area contributed by atoms with Gasteiger partial charge in [-0.2, -0.15) is 5.26 Å². The fourth-order valence-electron chi connectivity index (χ4n) is 3.94. The molecule has 2 aromatic heterocycles. The molecule has 1 aliphatic rings. The van der Waals surface area contributed by atoms with Gasteiger partial charge in [-0.1, -0.05) is 0 Å². The van der Waals surface area contributed by atoms with E-state index in [0.29, 0.717) is 39.2 Å². The first kappa shape index (κ1) is 21.8. The molecule has 1 amide bonds. The van der Waals surface area contributed by atoms with Gasteiger partial charge in [0.15, 0.2) is 0 Å². The fourth-order valence-corrected chi connectivity index (χ4v) is 3.94. The van der Waals surface area contributed by atoms with Crippen LogP contribution in [0.2, 0.25) is 0 Å². The zero-order chi connectivity index (χ0) is 24.0. The molecule has 10 nitrogen and oxygen atoms in total. The van der Waals surface area contributed by atoms with E-state index in [1.54, 1.807) is 24.3 Å². The van der Waals surface area contributed by atoms with Crippen molar-refractivity contribution >= 4 is 51.6 Å². The van der Waals surface area contributed by atoms with Crippen LogP contribution in [0.3, 0.4) is 0 Å². The van der Waals surface area contributed by atoms with Crippen molar-refractivity contribution in [3.8, 4) is 6.07 Å². The van der Waals surface area contributed by atoms with Crippen LogP contribution in [0.15, 0.2) is 24.3 Å². The molecule has 0 fully saturated rings. The number of carbonyl (C=O) groups is 2. The smallest absolute Gasteiger partial charge is 0.337 e. The number of nitriles is 1. The standard InChI is InChI=1S/C23H23N7O3/c1-11(2)29(3)21-15(10-24)17-14-9-16(31)30(13-7-5-12(6-8-13)23(32)33-4)22(14)28-20(26)18(17)19(25)27-21/h5-8,11H,9H2,1-4H3,(H2,25,27)(H2,26,28). The first-order chi connectivity index (χ1) is 15.7. The minimum atomic E-state index is -0.480. The number of fused-ring (bicyclic) bond motifs is 3. The molecular weight excluding hydrogens is 422 g/mol. The summed E-state index contributed by atoms with van der Waals surface area (Å²) in [7, 11) is 3.12. The van der Waals surface area contributed by atoms with Crippen LogP contribution in [-0.4, -0.2) is 42.0 Å². The lowest BCUT2D eigenvalue weighted by Gasteiger charge is -2.25. The molecule has 0 saturated carbocycles. The summed E-state index contributed by atoms with van der Waals surface area (Å²) in [5.41, 5.74) is 14.2. The van der Waals surface area contributed by atoms with E-state index in [2.05, 4.69) is 16.0 Å². The van der Waals surface area contributed by atoms with E-state index in [4.69, 9.17) is 16.2 Å². The highest BCUT2D eigenvalue weighted by Gasteiger charge is 2.35. The number of methoxy groups -OCH3 is 1. The normalized spacial score (nSPS) is 12.7. The Morgan fingerprint density at radius 1 is 1.18 bits per heavy atom. The number of nitrogens with zero attached hydrogens (tertiary/aromatic N) is 5. The summed E-state index contributed by atoms with van der Waals surface area (Å²) in [5.74, 6) is 0.247. The molecule has 4 rings (SSSR count). The van der Waals surface area contributed by atoms with Crippen molar-refractivity contribution in [2.24, 2.45) is 0 Å². The average molecular weight is 445 g/mol. The van der Waals surface area contributed by atoms with Gasteiger partial charge in [-0.3, -0.25) is 9.69 Å². The van der Waals surface area contributed by atoms with Crippen molar-refractivity contribution in [3.05, 3.63) is 41.0 Å².